The Morgan fingerprint density at radius 3 is 2.39 bits per heavy atom. The van der Waals surface area contributed by atoms with Crippen molar-refractivity contribution in [2.24, 2.45) is 0 Å². The topological polar surface area (TPSA) is 45.2 Å². The molecule has 152 valence electrons. The second kappa shape index (κ2) is 8.24. The summed E-state index contributed by atoms with van der Waals surface area (Å²) in [7, 11) is 0. The van der Waals surface area contributed by atoms with Crippen LogP contribution in [0, 0.1) is 5.82 Å². The molecule has 0 fully saturated rings. The number of fused-ring (bicyclic) bond motifs is 1. The number of rotatable bonds is 4. The summed E-state index contributed by atoms with van der Waals surface area (Å²) in [5.74, 6) is -0.266. The van der Waals surface area contributed by atoms with E-state index in [9.17, 15) is 9.18 Å². The summed E-state index contributed by atoms with van der Waals surface area (Å²) in [6, 6.07) is 27.8. The number of halogens is 1. The standard InChI is InChI=1S/C25H18FN3OS/c26-18-10-12-19(13-11-18)31-24-15-14-23-21(28-24)16-27-25(30)29(23)22-9-5-4-8-20(22)17-6-2-1-3-7-17/h1-15H,16H2,(H,27,30). The van der Waals surface area contributed by atoms with Gasteiger partial charge < -0.3 is 5.32 Å². The number of anilines is 2. The van der Waals surface area contributed by atoms with Crippen LogP contribution in [0.25, 0.3) is 11.1 Å². The molecule has 1 N–H and O–H groups in total. The van der Waals surface area contributed by atoms with Crippen LogP contribution in [0.15, 0.2) is 101 Å². The largest absolute Gasteiger partial charge is 0.332 e. The SMILES string of the molecule is O=C1NCc2nc(Sc3ccc(F)cc3)ccc2N1c1ccccc1-c1ccccc1. The molecule has 6 heteroatoms. The van der Waals surface area contributed by atoms with Crippen LogP contribution in [-0.4, -0.2) is 11.0 Å². The van der Waals surface area contributed by atoms with Gasteiger partial charge in [0, 0.05) is 10.5 Å². The molecular formula is C25H18FN3OS. The first-order chi connectivity index (χ1) is 15.2. The van der Waals surface area contributed by atoms with E-state index in [1.165, 1.54) is 23.9 Å². The number of nitrogens with one attached hydrogen (secondary N) is 1. The molecule has 4 nitrogen and oxygen atoms in total. The molecule has 5 rings (SSSR count). The molecule has 1 aromatic heterocycles. The first-order valence-corrected chi connectivity index (χ1v) is 10.7. The van der Waals surface area contributed by atoms with Gasteiger partial charge in [-0.1, -0.05) is 60.3 Å². The van der Waals surface area contributed by atoms with Gasteiger partial charge in [-0.25, -0.2) is 14.2 Å². The van der Waals surface area contributed by atoms with E-state index in [-0.39, 0.29) is 11.8 Å². The number of urea groups is 1. The maximum atomic E-state index is 13.2. The van der Waals surface area contributed by atoms with E-state index in [4.69, 9.17) is 4.98 Å². The Balaban J connectivity index is 1.53. The fourth-order valence-electron chi connectivity index (χ4n) is 3.61. The van der Waals surface area contributed by atoms with Gasteiger partial charge in [-0.05, 0) is 48.0 Å². The Bertz CT molecular complexity index is 1250. The predicted molar refractivity (Wildman–Crippen MR) is 121 cm³/mol. The Morgan fingerprint density at radius 1 is 0.839 bits per heavy atom. The first kappa shape index (κ1) is 19.3. The highest BCUT2D eigenvalue weighted by molar-refractivity contribution is 7.99. The van der Waals surface area contributed by atoms with E-state index in [2.05, 4.69) is 5.32 Å². The molecule has 31 heavy (non-hydrogen) atoms. The number of aromatic nitrogens is 1. The number of benzene rings is 3. The minimum Gasteiger partial charge on any atom is -0.332 e. The van der Waals surface area contributed by atoms with Crippen LogP contribution in [0.2, 0.25) is 0 Å². The summed E-state index contributed by atoms with van der Waals surface area (Å²) < 4.78 is 13.2. The zero-order chi connectivity index (χ0) is 21.2. The third-order valence-corrected chi connectivity index (χ3v) is 5.99. The zero-order valence-corrected chi connectivity index (χ0v) is 17.3. The number of para-hydroxylation sites is 1. The second-order valence-corrected chi connectivity index (χ2v) is 8.14. The van der Waals surface area contributed by atoms with E-state index in [0.717, 1.165) is 38.1 Å². The minimum absolute atomic E-state index is 0.184. The summed E-state index contributed by atoms with van der Waals surface area (Å²) in [6.07, 6.45) is 0. The van der Waals surface area contributed by atoms with Crippen molar-refractivity contribution in [2.45, 2.75) is 16.5 Å². The smallest absolute Gasteiger partial charge is 0.326 e. The molecule has 2 amide bonds. The third kappa shape index (κ3) is 3.90. The average molecular weight is 428 g/mol. The van der Waals surface area contributed by atoms with E-state index in [1.54, 1.807) is 17.0 Å². The summed E-state index contributed by atoms with van der Waals surface area (Å²) in [4.78, 5) is 20.2. The molecule has 0 saturated carbocycles. The lowest BCUT2D eigenvalue weighted by Crippen LogP contribution is -2.41. The number of pyridine rings is 1. The van der Waals surface area contributed by atoms with Gasteiger partial charge in [-0.15, -0.1) is 0 Å². The highest BCUT2D eigenvalue weighted by Gasteiger charge is 2.28. The van der Waals surface area contributed by atoms with Gasteiger partial charge >= 0.3 is 6.03 Å². The number of carbonyl (C=O) groups is 1. The number of nitrogens with zero attached hydrogens (tertiary/aromatic N) is 2. The van der Waals surface area contributed by atoms with Crippen molar-refractivity contribution in [1.29, 1.82) is 0 Å². The molecule has 1 aliphatic rings. The van der Waals surface area contributed by atoms with Gasteiger partial charge in [0.1, 0.15) is 10.8 Å². The van der Waals surface area contributed by atoms with Gasteiger partial charge in [0.15, 0.2) is 0 Å². The molecule has 0 atom stereocenters. The van der Waals surface area contributed by atoms with Crippen molar-refractivity contribution in [2.75, 3.05) is 4.90 Å². The molecule has 2 heterocycles. The predicted octanol–water partition coefficient (Wildman–Crippen LogP) is 6.40. The minimum atomic E-state index is -0.266. The van der Waals surface area contributed by atoms with Crippen molar-refractivity contribution in [3.05, 3.63) is 103 Å². The van der Waals surface area contributed by atoms with Gasteiger partial charge in [0.2, 0.25) is 0 Å². The zero-order valence-electron chi connectivity index (χ0n) is 16.5. The summed E-state index contributed by atoms with van der Waals surface area (Å²) in [5.41, 5.74) is 4.35. The Hall–Kier alpha value is -3.64. The molecule has 0 radical (unpaired) electrons. The third-order valence-electron chi connectivity index (χ3n) is 5.04. The molecule has 0 aliphatic carbocycles. The first-order valence-electron chi connectivity index (χ1n) is 9.85. The van der Waals surface area contributed by atoms with Crippen LogP contribution >= 0.6 is 11.8 Å². The number of hydrogen-bond acceptors (Lipinski definition) is 3. The fraction of sp³-hybridized carbons (Fsp3) is 0.0400. The van der Waals surface area contributed by atoms with Crippen molar-refractivity contribution < 1.29 is 9.18 Å². The number of hydrogen-bond donors (Lipinski definition) is 1. The highest BCUT2D eigenvalue weighted by atomic mass is 32.2. The van der Waals surface area contributed by atoms with Crippen LogP contribution in [0.1, 0.15) is 5.69 Å². The quantitative estimate of drug-likeness (QED) is 0.410. The Morgan fingerprint density at radius 2 is 1.58 bits per heavy atom. The normalized spacial score (nSPS) is 12.9. The lowest BCUT2D eigenvalue weighted by Gasteiger charge is -2.31. The molecule has 0 spiro atoms. The van der Waals surface area contributed by atoms with Crippen molar-refractivity contribution in [1.82, 2.24) is 10.3 Å². The lowest BCUT2D eigenvalue weighted by molar-refractivity contribution is 0.246. The average Bonchev–Trinajstić information content (AvgIpc) is 2.81. The van der Waals surface area contributed by atoms with Crippen LogP contribution < -0.4 is 10.2 Å². The fourth-order valence-corrected chi connectivity index (χ4v) is 4.41. The summed E-state index contributed by atoms with van der Waals surface area (Å²) in [5, 5.41) is 3.72. The molecule has 0 unspecified atom stereocenters. The Kier molecular flexibility index (Phi) is 5.14. The van der Waals surface area contributed by atoms with E-state index in [1.807, 2.05) is 66.7 Å². The van der Waals surface area contributed by atoms with Crippen LogP contribution in [0.3, 0.4) is 0 Å². The maximum absolute atomic E-state index is 13.2. The van der Waals surface area contributed by atoms with Gasteiger partial charge in [-0.2, -0.15) is 0 Å². The van der Waals surface area contributed by atoms with E-state index in [0.29, 0.717) is 6.54 Å². The molecular weight excluding hydrogens is 409 g/mol. The number of carbonyl (C=O) groups excluding carboxylic acids is 1. The van der Waals surface area contributed by atoms with Gasteiger partial charge in [0.25, 0.3) is 0 Å². The monoisotopic (exact) mass is 427 g/mol. The van der Waals surface area contributed by atoms with Crippen molar-refractivity contribution in [3.63, 3.8) is 0 Å². The van der Waals surface area contributed by atoms with Crippen LogP contribution in [0.5, 0.6) is 0 Å². The highest BCUT2D eigenvalue weighted by Crippen LogP contribution is 2.39. The molecule has 3 aromatic carbocycles. The second-order valence-electron chi connectivity index (χ2n) is 7.05. The summed E-state index contributed by atoms with van der Waals surface area (Å²) in [6.45, 7) is 0.357. The lowest BCUT2D eigenvalue weighted by atomic mass is 10.0. The van der Waals surface area contributed by atoms with E-state index >= 15 is 0 Å². The van der Waals surface area contributed by atoms with E-state index < -0.39 is 0 Å². The van der Waals surface area contributed by atoms with Crippen molar-refractivity contribution >= 4 is 29.2 Å². The van der Waals surface area contributed by atoms with Crippen molar-refractivity contribution in [3.8, 4) is 11.1 Å². The van der Waals surface area contributed by atoms with Gasteiger partial charge in [0.05, 0.1) is 23.6 Å². The van der Waals surface area contributed by atoms with Crippen LogP contribution in [0.4, 0.5) is 20.6 Å². The molecule has 4 aromatic rings. The maximum Gasteiger partial charge on any atom is 0.326 e. The number of amides is 2. The van der Waals surface area contributed by atoms with Crippen LogP contribution in [-0.2, 0) is 6.54 Å². The van der Waals surface area contributed by atoms with Gasteiger partial charge in [-0.3, -0.25) is 4.90 Å². The Labute approximate surface area is 183 Å². The molecule has 0 bridgehead atoms. The molecule has 1 aliphatic heterocycles. The summed E-state index contributed by atoms with van der Waals surface area (Å²) >= 11 is 1.46. The molecule has 0 saturated heterocycles.